The minimum Gasteiger partial charge on any atom is -0.271 e. The maximum Gasteiger partial charge on any atom is 0.340 e. The molecule has 0 bridgehead atoms. The number of benzene rings is 2. The fourth-order valence-electron chi connectivity index (χ4n) is 3.30. The number of urea groups is 1. The van der Waals surface area contributed by atoms with Gasteiger partial charge in [0.15, 0.2) is 0 Å². The summed E-state index contributed by atoms with van der Waals surface area (Å²) in [5.41, 5.74) is 1.75. The molecular weight excluding hydrogens is 333 g/mol. The Kier molecular flexibility index (Phi) is 3.68. The van der Waals surface area contributed by atoms with Crippen LogP contribution in [0.15, 0.2) is 48.5 Å². The summed E-state index contributed by atoms with van der Waals surface area (Å²) in [7, 11) is 0. The molecule has 2 aromatic rings. The highest BCUT2D eigenvalue weighted by Gasteiger charge is 2.48. The molecule has 0 N–H and O–H groups in total. The van der Waals surface area contributed by atoms with Crippen LogP contribution in [0.5, 0.6) is 0 Å². The maximum absolute atomic E-state index is 12.9. The standard InChI is InChI=1S/C17H15Cl2N3O/c18-12-7-8-14(15(19)11-12)16-20-9-4-10-21(20)17(23)22(16)13-5-2-1-3-6-13/h1-3,5-8,11,16H,4,9-10H2/t16-/m1/s1. The summed E-state index contributed by atoms with van der Waals surface area (Å²) in [6.07, 6.45) is 0.730. The minimum absolute atomic E-state index is 0.00952. The summed E-state index contributed by atoms with van der Waals surface area (Å²) < 4.78 is 0. The van der Waals surface area contributed by atoms with Crippen LogP contribution in [0.2, 0.25) is 10.0 Å². The number of fused-ring (bicyclic) bond motifs is 1. The number of anilines is 1. The van der Waals surface area contributed by atoms with Gasteiger partial charge in [-0.25, -0.2) is 4.79 Å². The van der Waals surface area contributed by atoms with Crippen molar-refractivity contribution < 1.29 is 4.79 Å². The molecule has 0 saturated carbocycles. The topological polar surface area (TPSA) is 26.8 Å². The first kappa shape index (κ1) is 14.8. The molecule has 4 nitrogen and oxygen atoms in total. The van der Waals surface area contributed by atoms with Crippen molar-refractivity contribution in [1.82, 2.24) is 10.0 Å². The fourth-order valence-corrected chi connectivity index (χ4v) is 3.81. The molecule has 2 fully saturated rings. The van der Waals surface area contributed by atoms with Gasteiger partial charge in [0.2, 0.25) is 0 Å². The average Bonchev–Trinajstić information content (AvgIpc) is 3.11. The molecule has 0 spiro atoms. The Morgan fingerprint density at radius 1 is 1.00 bits per heavy atom. The lowest BCUT2D eigenvalue weighted by Crippen LogP contribution is -2.32. The van der Waals surface area contributed by atoms with E-state index in [2.05, 4.69) is 5.01 Å². The second kappa shape index (κ2) is 5.71. The highest BCUT2D eigenvalue weighted by Crippen LogP contribution is 2.42. The predicted octanol–water partition coefficient (Wildman–Crippen LogP) is 4.55. The van der Waals surface area contributed by atoms with Crippen LogP contribution < -0.4 is 4.90 Å². The van der Waals surface area contributed by atoms with Crippen LogP contribution in [-0.2, 0) is 0 Å². The lowest BCUT2D eigenvalue weighted by Gasteiger charge is -2.28. The largest absolute Gasteiger partial charge is 0.340 e. The van der Waals surface area contributed by atoms with E-state index in [-0.39, 0.29) is 12.2 Å². The van der Waals surface area contributed by atoms with Crippen molar-refractivity contribution in [2.45, 2.75) is 12.6 Å². The third kappa shape index (κ3) is 2.38. The van der Waals surface area contributed by atoms with Gasteiger partial charge in [-0.2, -0.15) is 5.01 Å². The van der Waals surface area contributed by atoms with Gasteiger partial charge < -0.3 is 0 Å². The normalized spacial score (nSPS) is 21.1. The smallest absolute Gasteiger partial charge is 0.271 e. The van der Waals surface area contributed by atoms with Crippen LogP contribution in [0.1, 0.15) is 18.2 Å². The molecule has 2 aromatic carbocycles. The molecular formula is C17H15Cl2N3O. The van der Waals surface area contributed by atoms with Gasteiger partial charge in [-0.15, -0.1) is 0 Å². The van der Waals surface area contributed by atoms with E-state index in [0.29, 0.717) is 10.0 Å². The van der Waals surface area contributed by atoms with E-state index >= 15 is 0 Å². The Balaban J connectivity index is 1.84. The van der Waals surface area contributed by atoms with E-state index < -0.39 is 0 Å². The second-order valence-electron chi connectivity index (χ2n) is 5.67. The van der Waals surface area contributed by atoms with Crippen molar-refractivity contribution in [3.05, 3.63) is 64.1 Å². The van der Waals surface area contributed by atoms with Gasteiger partial charge >= 0.3 is 6.03 Å². The van der Waals surface area contributed by atoms with Crippen molar-refractivity contribution in [3.63, 3.8) is 0 Å². The fraction of sp³-hybridized carbons (Fsp3) is 0.235. The number of halogens is 2. The van der Waals surface area contributed by atoms with Crippen molar-refractivity contribution in [2.75, 3.05) is 18.0 Å². The van der Waals surface area contributed by atoms with Gasteiger partial charge in [-0.3, -0.25) is 9.91 Å². The first-order valence-corrected chi connectivity index (χ1v) is 8.30. The van der Waals surface area contributed by atoms with Crippen LogP contribution in [0, 0.1) is 0 Å². The van der Waals surface area contributed by atoms with Crippen LogP contribution >= 0.6 is 23.2 Å². The zero-order chi connectivity index (χ0) is 16.0. The number of carbonyl (C=O) groups is 1. The zero-order valence-electron chi connectivity index (χ0n) is 12.3. The van der Waals surface area contributed by atoms with Crippen LogP contribution in [0.4, 0.5) is 10.5 Å². The van der Waals surface area contributed by atoms with Gasteiger partial charge in [0.1, 0.15) is 6.17 Å². The Morgan fingerprint density at radius 3 is 2.52 bits per heavy atom. The lowest BCUT2D eigenvalue weighted by atomic mass is 10.1. The van der Waals surface area contributed by atoms with E-state index in [1.54, 1.807) is 11.0 Å². The first-order chi connectivity index (χ1) is 11.2. The van der Waals surface area contributed by atoms with Crippen molar-refractivity contribution in [2.24, 2.45) is 0 Å². The Bertz CT molecular complexity index is 753. The van der Waals surface area contributed by atoms with Gasteiger partial charge in [0.05, 0.1) is 0 Å². The summed E-state index contributed by atoms with van der Waals surface area (Å²) in [4.78, 5) is 14.7. The van der Waals surface area contributed by atoms with Gasteiger partial charge in [-0.05, 0) is 30.7 Å². The molecule has 2 saturated heterocycles. The summed E-state index contributed by atoms with van der Waals surface area (Å²) in [5, 5.41) is 5.06. The molecule has 0 radical (unpaired) electrons. The van der Waals surface area contributed by atoms with Crippen molar-refractivity contribution in [1.29, 1.82) is 0 Å². The number of rotatable bonds is 2. The van der Waals surface area contributed by atoms with Gasteiger partial charge in [-0.1, -0.05) is 47.5 Å². The Morgan fingerprint density at radius 2 is 1.78 bits per heavy atom. The van der Waals surface area contributed by atoms with Gasteiger partial charge in [0, 0.05) is 34.4 Å². The summed E-state index contributed by atoms with van der Waals surface area (Å²) in [6.45, 7) is 1.57. The van der Waals surface area contributed by atoms with E-state index in [0.717, 1.165) is 30.8 Å². The average molecular weight is 348 g/mol. The highest BCUT2D eigenvalue weighted by molar-refractivity contribution is 6.35. The molecule has 2 amide bonds. The van der Waals surface area contributed by atoms with E-state index in [1.807, 2.05) is 47.5 Å². The first-order valence-electron chi connectivity index (χ1n) is 7.54. The number of para-hydroxylation sites is 1. The number of amides is 2. The minimum atomic E-state index is -0.239. The molecule has 4 rings (SSSR count). The molecule has 2 aliphatic rings. The van der Waals surface area contributed by atoms with E-state index in [1.165, 1.54) is 0 Å². The predicted molar refractivity (Wildman–Crippen MR) is 91.5 cm³/mol. The molecule has 118 valence electrons. The van der Waals surface area contributed by atoms with Crippen LogP contribution in [0.25, 0.3) is 0 Å². The highest BCUT2D eigenvalue weighted by atomic mass is 35.5. The lowest BCUT2D eigenvalue weighted by molar-refractivity contribution is 0.0728. The van der Waals surface area contributed by atoms with Gasteiger partial charge in [0.25, 0.3) is 0 Å². The molecule has 2 aliphatic heterocycles. The number of hydrogen-bond acceptors (Lipinski definition) is 2. The second-order valence-corrected chi connectivity index (χ2v) is 6.51. The van der Waals surface area contributed by atoms with Crippen molar-refractivity contribution >= 4 is 34.9 Å². The van der Waals surface area contributed by atoms with Crippen LogP contribution in [0.3, 0.4) is 0 Å². The third-order valence-electron chi connectivity index (χ3n) is 4.30. The number of nitrogens with zero attached hydrogens (tertiary/aromatic N) is 3. The van der Waals surface area contributed by atoms with E-state index in [9.17, 15) is 4.79 Å². The number of hydrogen-bond donors (Lipinski definition) is 0. The molecule has 23 heavy (non-hydrogen) atoms. The van der Waals surface area contributed by atoms with Crippen LogP contribution in [-0.4, -0.2) is 29.1 Å². The summed E-state index contributed by atoms with van der Waals surface area (Å²) in [6, 6.07) is 15.1. The number of hydrazine groups is 1. The van der Waals surface area contributed by atoms with Crippen molar-refractivity contribution in [3.8, 4) is 0 Å². The quantitative estimate of drug-likeness (QED) is 0.796. The maximum atomic E-state index is 12.9. The number of carbonyl (C=O) groups excluding carboxylic acids is 1. The Hall–Kier alpha value is -1.75. The summed E-state index contributed by atoms with van der Waals surface area (Å²) in [5.74, 6) is 0. The molecule has 6 heteroatoms. The monoisotopic (exact) mass is 347 g/mol. The molecule has 0 aromatic heterocycles. The third-order valence-corrected chi connectivity index (χ3v) is 4.86. The molecule has 0 unspecified atom stereocenters. The molecule has 1 atom stereocenters. The molecule has 2 heterocycles. The molecule has 0 aliphatic carbocycles. The zero-order valence-corrected chi connectivity index (χ0v) is 13.8. The SMILES string of the molecule is O=C1N(c2ccccc2)[C@H](c2ccc(Cl)cc2Cl)N2CCCN12. The Labute approximate surface area is 144 Å². The summed E-state index contributed by atoms with van der Waals surface area (Å²) >= 11 is 12.5. The van der Waals surface area contributed by atoms with E-state index in [4.69, 9.17) is 23.2 Å².